The number of hydrogen-bond donors (Lipinski definition) is 2. The molecule has 0 bridgehead atoms. The van der Waals surface area contributed by atoms with Crippen molar-refractivity contribution in [1.82, 2.24) is 15.0 Å². The van der Waals surface area contributed by atoms with Gasteiger partial charge >= 0.3 is 0 Å². The zero-order chi connectivity index (χ0) is 22.5. The van der Waals surface area contributed by atoms with Gasteiger partial charge in [0.2, 0.25) is 5.91 Å². The fraction of sp³-hybridized carbons (Fsp3) is 0.0800. The highest BCUT2D eigenvalue weighted by atomic mass is 16.2. The van der Waals surface area contributed by atoms with Crippen LogP contribution in [0.1, 0.15) is 37.5 Å². The molecular formula is C25H21N5O2. The molecule has 0 radical (unpaired) electrons. The third kappa shape index (κ3) is 4.67. The smallest absolute Gasteiger partial charge is 0.255 e. The number of nitrogens with one attached hydrogen (secondary N) is 1. The average molecular weight is 423 g/mol. The van der Waals surface area contributed by atoms with E-state index in [-0.39, 0.29) is 5.91 Å². The molecule has 32 heavy (non-hydrogen) atoms. The Bertz CT molecular complexity index is 1290. The summed E-state index contributed by atoms with van der Waals surface area (Å²) in [5.74, 6) is -0.821. The largest absolute Gasteiger partial charge is 0.366 e. The molecule has 7 heteroatoms. The number of anilines is 1. The lowest BCUT2D eigenvalue weighted by atomic mass is 9.97. The number of carbonyl (C=O) groups excluding carboxylic acids is 2. The molecule has 0 saturated heterocycles. The van der Waals surface area contributed by atoms with Gasteiger partial charge in [-0.05, 0) is 66.6 Å². The van der Waals surface area contributed by atoms with Crippen LogP contribution in [0.2, 0.25) is 0 Å². The second kappa shape index (κ2) is 9.18. The molecule has 0 aliphatic carbocycles. The normalized spacial score (nSPS) is 10.5. The van der Waals surface area contributed by atoms with Crippen LogP contribution in [0.3, 0.4) is 0 Å². The monoisotopic (exact) mass is 423 g/mol. The van der Waals surface area contributed by atoms with Crippen molar-refractivity contribution in [2.24, 2.45) is 5.73 Å². The van der Waals surface area contributed by atoms with Crippen molar-refractivity contribution < 1.29 is 9.59 Å². The van der Waals surface area contributed by atoms with Crippen molar-refractivity contribution >= 4 is 17.5 Å². The second-order valence-electron chi connectivity index (χ2n) is 7.31. The van der Waals surface area contributed by atoms with Crippen molar-refractivity contribution in [3.63, 3.8) is 0 Å². The van der Waals surface area contributed by atoms with Crippen molar-refractivity contribution in [3.8, 4) is 11.3 Å². The molecule has 158 valence electrons. The van der Waals surface area contributed by atoms with Gasteiger partial charge in [-0.25, -0.2) is 9.97 Å². The lowest BCUT2D eigenvalue weighted by molar-refractivity contribution is 0.0996. The summed E-state index contributed by atoms with van der Waals surface area (Å²) in [6, 6.07) is 17.8. The van der Waals surface area contributed by atoms with Crippen molar-refractivity contribution in [2.45, 2.75) is 13.3 Å². The minimum absolute atomic E-state index is 0.273. The van der Waals surface area contributed by atoms with Gasteiger partial charge in [0.15, 0.2) is 0 Å². The molecule has 7 nitrogen and oxygen atoms in total. The Kier molecular flexibility index (Phi) is 5.98. The molecule has 0 aliphatic heterocycles. The molecule has 0 atom stereocenters. The van der Waals surface area contributed by atoms with E-state index in [1.54, 1.807) is 42.7 Å². The van der Waals surface area contributed by atoms with Gasteiger partial charge < -0.3 is 11.1 Å². The van der Waals surface area contributed by atoms with E-state index < -0.39 is 5.91 Å². The summed E-state index contributed by atoms with van der Waals surface area (Å²) in [6.07, 6.45) is 5.50. The van der Waals surface area contributed by atoms with Crippen LogP contribution in [0.25, 0.3) is 11.3 Å². The molecular weight excluding hydrogens is 402 g/mol. The molecule has 0 saturated carbocycles. The first kappa shape index (κ1) is 20.9. The van der Waals surface area contributed by atoms with Crippen LogP contribution in [-0.2, 0) is 6.42 Å². The molecule has 0 aliphatic rings. The molecule has 0 unspecified atom stereocenters. The van der Waals surface area contributed by atoms with Gasteiger partial charge in [-0.1, -0.05) is 12.1 Å². The molecule has 3 N–H and O–H groups in total. The van der Waals surface area contributed by atoms with E-state index in [0.717, 1.165) is 28.1 Å². The van der Waals surface area contributed by atoms with Crippen LogP contribution in [0.15, 0.2) is 79.4 Å². The molecule has 2 amide bonds. The fourth-order valence-corrected chi connectivity index (χ4v) is 3.40. The standard InChI is InChI=1S/C25H21N5O2/c1-16-7-8-18(25(32)30-20-5-2-4-17(13-20)24(26)31)12-19(16)14-23-21(6-3-10-28-23)22-9-11-27-15-29-22/h2-13,15H,14H2,1H3,(H2,26,31)(H,30,32). The van der Waals surface area contributed by atoms with E-state index in [1.807, 2.05) is 37.3 Å². The Morgan fingerprint density at radius 2 is 1.81 bits per heavy atom. The van der Waals surface area contributed by atoms with E-state index in [0.29, 0.717) is 23.2 Å². The minimum Gasteiger partial charge on any atom is -0.366 e. The number of pyridine rings is 1. The Hall–Kier alpha value is -4.39. The quantitative estimate of drug-likeness (QED) is 0.490. The molecule has 0 fully saturated rings. The van der Waals surface area contributed by atoms with Crippen molar-refractivity contribution in [3.05, 3.63) is 107 Å². The van der Waals surface area contributed by atoms with Gasteiger partial charge in [-0.2, -0.15) is 0 Å². The van der Waals surface area contributed by atoms with E-state index in [9.17, 15) is 9.59 Å². The first-order valence-corrected chi connectivity index (χ1v) is 10.0. The summed E-state index contributed by atoms with van der Waals surface area (Å²) in [4.78, 5) is 37.1. The summed E-state index contributed by atoms with van der Waals surface area (Å²) in [6.45, 7) is 2.00. The first-order valence-electron chi connectivity index (χ1n) is 10.0. The van der Waals surface area contributed by atoms with Crippen LogP contribution >= 0.6 is 0 Å². The predicted molar refractivity (Wildman–Crippen MR) is 122 cm³/mol. The van der Waals surface area contributed by atoms with Gasteiger partial charge in [0.25, 0.3) is 5.91 Å². The Labute approximate surface area is 185 Å². The molecule has 4 rings (SSSR count). The third-order valence-corrected chi connectivity index (χ3v) is 5.12. The SMILES string of the molecule is Cc1ccc(C(=O)Nc2cccc(C(N)=O)c2)cc1Cc1ncccc1-c1ccncn1. The maximum atomic E-state index is 12.8. The zero-order valence-corrected chi connectivity index (χ0v) is 17.4. The molecule has 2 heterocycles. The Morgan fingerprint density at radius 1 is 0.938 bits per heavy atom. The van der Waals surface area contributed by atoms with Crippen LogP contribution in [0.5, 0.6) is 0 Å². The molecule has 2 aromatic carbocycles. The predicted octanol–water partition coefficient (Wildman–Crippen LogP) is 3.79. The highest BCUT2D eigenvalue weighted by Crippen LogP contribution is 2.24. The Balaban J connectivity index is 1.60. The third-order valence-electron chi connectivity index (χ3n) is 5.12. The van der Waals surface area contributed by atoms with Gasteiger partial charge in [0, 0.05) is 41.2 Å². The van der Waals surface area contributed by atoms with Crippen LogP contribution in [0, 0.1) is 6.92 Å². The fourth-order valence-electron chi connectivity index (χ4n) is 3.40. The average Bonchev–Trinajstić information content (AvgIpc) is 2.81. The van der Waals surface area contributed by atoms with E-state index >= 15 is 0 Å². The molecule has 2 aromatic heterocycles. The summed E-state index contributed by atoms with van der Waals surface area (Å²) in [5.41, 5.74) is 11.3. The number of nitrogens with two attached hydrogens (primary N) is 1. The number of rotatable bonds is 6. The van der Waals surface area contributed by atoms with E-state index in [4.69, 9.17) is 5.73 Å². The number of primary amides is 1. The van der Waals surface area contributed by atoms with E-state index in [1.165, 1.54) is 6.33 Å². The number of amides is 2. The van der Waals surface area contributed by atoms with Gasteiger partial charge in [0.1, 0.15) is 6.33 Å². The van der Waals surface area contributed by atoms with Crippen LogP contribution in [-0.4, -0.2) is 26.8 Å². The summed E-state index contributed by atoms with van der Waals surface area (Å²) < 4.78 is 0. The lowest BCUT2D eigenvalue weighted by Crippen LogP contribution is -2.15. The zero-order valence-electron chi connectivity index (χ0n) is 17.4. The maximum absolute atomic E-state index is 12.8. The number of aromatic nitrogens is 3. The summed E-state index contributed by atoms with van der Waals surface area (Å²) in [7, 11) is 0. The van der Waals surface area contributed by atoms with Gasteiger partial charge in [-0.15, -0.1) is 0 Å². The maximum Gasteiger partial charge on any atom is 0.255 e. The van der Waals surface area contributed by atoms with Crippen LogP contribution < -0.4 is 11.1 Å². The molecule has 4 aromatic rings. The van der Waals surface area contributed by atoms with Crippen LogP contribution in [0.4, 0.5) is 5.69 Å². The highest BCUT2D eigenvalue weighted by molar-refractivity contribution is 6.05. The second-order valence-corrected chi connectivity index (χ2v) is 7.31. The lowest BCUT2D eigenvalue weighted by Gasteiger charge is -2.12. The number of benzene rings is 2. The van der Waals surface area contributed by atoms with Crippen molar-refractivity contribution in [2.75, 3.05) is 5.32 Å². The molecule has 0 spiro atoms. The number of nitrogens with zero attached hydrogens (tertiary/aromatic N) is 3. The van der Waals surface area contributed by atoms with Gasteiger partial charge in [0.05, 0.1) is 11.4 Å². The number of carbonyl (C=O) groups is 2. The minimum atomic E-state index is -0.548. The Morgan fingerprint density at radius 3 is 2.59 bits per heavy atom. The van der Waals surface area contributed by atoms with Crippen molar-refractivity contribution in [1.29, 1.82) is 0 Å². The van der Waals surface area contributed by atoms with Gasteiger partial charge in [-0.3, -0.25) is 14.6 Å². The number of hydrogen-bond acceptors (Lipinski definition) is 5. The summed E-state index contributed by atoms with van der Waals surface area (Å²) >= 11 is 0. The first-order chi connectivity index (χ1) is 15.5. The highest BCUT2D eigenvalue weighted by Gasteiger charge is 2.13. The summed E-state index contributed by atoms with van der Waals surface area (Å²) in [5, 5.41) is 2.82. The van der Waals surface area contributed by atoms with E-state index in [2.05, 4.69) is 20.3 Å². The number of aryl methyl sites for hydroxylation is 1. The topological polar surface area (TPSA) is 111 Å².